The topological polar surface area (TPSA) is 28.2 Å². The minimum Gasteiger partial charge on any atom is -0.381 e. The molecule has 20 heavy (non-hydrogen) atoms. The van der Waals surface area contributed by atoms with Gasteiger partial charge in [0.2, 0.25) is 0 Å². The predicted molar refractivity (Wildman–Crippen MR) is 85.1 cm³/mol. The lowest BCUT2D eigenvalue weighted by molar-refractivity contribution is 0.177. The fraction of sp³-hybridized carbons (Fsp3) is 0.471. The molecule has 1 fully saturated rings. The van der Waals surface area contributed by atoms with Crippen LogP contribution in [0.4, 0.5) is 5.69 Å². The van der Waals surface area contributed by atoms with Gasteiger partial charge in [-0.05, 0) is 38.8 Å². The third-order valence-electron chi connectivity index (χ3n) is 4.22. The molecule has 0 bridgehead atoms. The molecule has 1 aliphatic rings. The van der Waals surface area contributed by atoms with Gasteiger partial charge in [0.1, 0.15) is 0 Å². The highest BCUT2D eigenvalue weighted by molar-refractivity contribution is 5.81. The third kappa shape index (κ3) is 2.93. The largest absolute Gasteiger partial charge is 0.381 e. The van der Waals surface area contributed by atoms with E-state index in [1.165, 1.54) is 31.3 Å². The highest BCUT2D eigenvalue weighted by Crippen LogP contribution is 2.20. The zero-order valence-corrected chi connectivity index (χ0v) is 12.3. The molecule has 0 saturated carbocycles. The number of rotatable bonds is 3. The number of fused-ring (bicyclic) bond motifs is 1. The normalized spacial score (nSPS) is 17.8. The highest BCUT2D eigenvalue weighted by Gasteiger charge is 2.20. The summed E-state index contributed by atoms with van der Waals surface area (Å²) in [4.78, 5) is 7.07. The molecule has 0 radical (unpaired) electrons. The van der Waals surface area contributed by atoms with E-state index in [-0.39, 0.29) is 0 Å². The van der Waals surface area contributed by atoms with Crippen LogP contribution in [-0.4, -0.2) is 35.1 Å². The van der Waals surface area contributed by atoms with Gasteiger partial charge < -0.3 is 10.2 Å². The number of aromatic nitrogens is 1. The molecule has 0 atom stereocenters. The van der Waals surface area contributed by atoms with Crippen molar-refractivity contribution in [3.63, 3.8) is 0 Å². The van der Waals surface area contributed by atoms with E-state index in [0.717, 1.165) is 11.2 Å². The molecule has 1 aromatic carbocycles. The van der Waals surface area contributed by atoms with E-state index in [0.29, 0.717) is 12.1 Å². The van der Waals surface area contributed by atoms with Crippen molar-refractivity contribution in [2.45, 2.75) is 38.8 Å². The number of para-hydroxylation sites is 1. The Hall–Kier alpha value is -1.61. The molecule has 1 N–H and O–H groups in total. The number of hydrogen-bond acceptors (Lipinski definition) is 3. The van der Waals surface area contributed by atoms with Crippen LogP contribution in [0.25, 0.3) is 10.9 Å². The van der Waals surface area contributed by atoms with Crippen LogP contribution < -0.4 is 5.32 Å². The summed E-state index contributed by atoms with van der Waals surface area (Å²) in [6, 6.07) is 11.7. The minimum atomic E-state index is 0.577. The number of hydrogen-bond donors (Lipinski definition) is 1. The molecule has 106 valence electrons. The second-order valence-electron chi connectivity index (χ2n) is 5.97. The number of pyridine rings is 1. The van der Waals surface area contributed by atoms with Gasteiger partial charge in [-0.25, -0.2) is 0 Å². The summed E-state index contributed by atoms with van der Waals surface area (Å²) >= 11 is 0. The number of nitrogens with one attached hydrogen (secondary N) is 1. The molecule has 0 unspecified atom stereocenters. The number of piperidine rings is 1. The van der Waals surface area contributed by atoms with Crippen molar-refractivity contribution in [1.82, 2.24) is 9.88 Å². The molecule has 2 heterocycles. The Bertz CT molecular complexity index is 571. The van der Waals surface area contributed by atoms with E-state index in [1.807, 2.05) is 12.3 Å². The van der Waals surface area contributed by atoms with Gasteiger partial charge >= 0.3 is 0 Å². The van der Waals surface area contributed by atoms with Crippen molar-refractivity contribution >= 4 is 16.6 Å². The van der Waals surface area contributed by atoms with Crippen LogP contribution in [0.5, 0.6) is 0 Å². The Morgan fingerprint density at radius 2 is 1.95 bits per heavy atom. The average Bonchev–Trinajstić information content (AvgIpc) is 2.48. The van der Waals surface area contributed by atoms with Gasteiger partial charge in [-0.2, -0.15) is 0 Å². The van der Waals surface area contributed by atoms with Crippen molar-refractivity contribution in [1.29, 1.82) is 0 Å². The molecule has 3 rings (SSSR count). The van der Waals surface area contributed by atoms with Crippen molar-refractivity contribution in [2.75, 3.05) is 18.4 Å². The number of nitrogens with zero attached hydrogens (tertiary/aromatic N) is 2. The zero-order valence-electron chi connectivity index (χ0n) is 12.3. The van der Waals surface area contributed by atoms with E-state index in [9.17, 15) is 0 Å². The van der Waals surface area contributed by atoms with Gasteiger partial charge in [0.25, 0.3) is 0 Å². The molecule has 0 aliphatic carbocycles. The Balaban J connectivity index is 1.65. The first-order chi connectivity index (χ1) is 9.72. The summed E-state index contributed by atoms with van der Waals surface area (Å²) in [5, 5.41) is 4.85. The van der Waals surface area contributed by atoms with Crippen molar-refractivity contribution in [3.05, 3.63) is 36.5 Å². The number of anilines is 1. The Morgan fingerprint density at radius 1 is 1.20 bits per heavy atom. The molecule has 0 spiro atoms. The van der Waals surface area contributed by atoms with Gasteiger partial charge in [-0.15, -0.1) is 0 Å². The van der Waals surface area contributed by atoms with E-state index in [4.69, 9.17) is 0 Å². The molecule has 2 aromatic rings. The van der Waals surface area contributed by atoms with E-state index >= 15 is 0 Å². The number of benzene rings is 1. The first-order valence-corrected chi connectivity index (χ1v) is 7.58. The molecule has 3 heteroatoms. The molecular formula is C17H23N3. The Kier molecular flexibility index (Phi) is 3.88. The van der Waals surface area contributed by atoms with Crippen LogP contribution >= 0.6 is 0 Å². The van der Waals surface area contributed by atoms with E-state index in [1.54, 1.807) is 0 Å². The molecule has 3 nitrogen and oxygen atoms in total. The van der Waals surface area contributed by atoms with Crippen molar-refractivity contribution in [3.8, 4) is 0 Å². The fourth-order valence-electron chi connectivity index (χ4n) is 2.95. The molecule has 0 amide bonds. The van der Waals surface area contributed by atoms with Crippen LogP contribution in [0.15, 0.2) is 36.5 Å². The Labute approximate surface area is 121 Å². The first kappa shape index (κ1) is 13.4. The Morgan fingerprint density at radius 3 is 2.70 bits per heavy atom. The van der Waals surface area contributed by atoms with Gasteiger partial charge in [0, 0.05) is 30.6 Å². The summed E-state index contributed by atoms with van der Waals surface area (Å²) in [5.41, 5.74) is 2.21. The van der Waals surface area contributed by atoms with Crippen LogP contribution in [0, 0.1) is 0 Å². The maximum Gasteiger partial charge on any atom is 0.0703 e. The quantitative estimate of drug-likeness (QED) is 0.924. The fourth-order valence-corrected chi connectivity index (χ4v) is 2.95. The van der Waals surface area contributed by atoms with Gasteiger partial charge in [-0.1, -0.05) is 18.2 Å². The first-order valence-electron chi connectivity index (χ1n) is 7.58. The van der Waals surface area contributed by atoms with Crippen LogP contribution in [-0.2, 0) is 0 Å². The molecule has 1 saturated heterocycles. The van der Waals surface area contributed by atoms with Gasteiger partial charge in [-0.3, -0.25) is 4.98 Å². The SMILES string of the molecule is CC(C)N1CCC(Nc2cnc3ccccc3c2)CC1. The molecule has 1 aliphatic heterocycles. The lowest BCUT2D eigenvalue weighted by atomic mass is 10.0. The summed E-state index contributed by atoms with van der Waals surface area (Å²) in [6.07, 6.45) is 4.38. The van der Waals surface area contributed by atoms with Gasteiger partial charge in [0.05, 0.1) is 17.4 Å². The summed E-state index contributed by atoms with van der Waals surface area (Å²) in [6.45, 7) is 6.94. The van der Waals surface area contributed by atoms with Crippen molar-refractivity contribution in [2.24, 2.45) is 0 Å². The monoisotopic (exact) mass is 269 g/mol. The standard InChI is InChI=1S/C17H23N3/c1-13(2)20-9-7-15(8-10-20)19-16-11-14-5-3-4-6-17(14)18-12-16/h3-6,11-13,15,19H,7-10H2,1-2H3. The van der Waals surface area contributed by atoms with E-state index in [2.05, 4.69) is 53.3 Å². The van der Waals surface area contributed by atoms with Gasteiger partial charge in [0.15, 0.2) is 0 Å². The highest BCUT2D eigenvalue weighted by atomic mass is 15.2. The van der Waals surface area contributed by atoms with Crippen LogP contribution in [0.3, 0.4) is 0 Å². The average molecular weight is 269 g/mol. The second-order valence-corrected chi connectivity index (χ2v) is 5.97. The van der Waals surface area contributed by atoms with E-state index < -0.39 is 0 Å². The lowest BCUT2D eigenvalue weighted by Crippen LogP contribution is -2.42. The molecular weight excluding hydrogens is 246 g/mol. The smallest absolute Gasteiger partial charge is 0.0703 e. The third-order valence-corrected chi connectivity index (χ3v) is 4.22. The van der Waals surface area contributed by atoms with Crippen LogP contribution in [0.1, 0.15) is 26.7 Å². The minimum absolute atomic E-state index is 0.577. The van der Waals surface area contributed by atoms with Crippen molar-refractivity contribution < 1.29 is 0 Å². The predicted octanol–water partition coefficient (Wildman–Crippen LogP) is 3.52. The maximum atomic E-state index is 4.52. The summed E-state index contributed by atoms with van der Waals surface area (Å²) in [5.74, 6) is 0. The molecule has 1 aromatic heterocycles. The zero-order chi connectivity index (χ0) is 13.9. The second kappa shape index (κ2) is 5.80. The number of likely N-dealkylation sites (tertiary alicyclic amines) is 1. The maximum absolute atomic E-state index is 4.52. The summed E-state index contributed by atoms with van der Waals surface area (Å²) < 4.78 is 0. The summed E-state index contributed by atoms with van der Waals surface area (Å²) in [7, 11) is 0. The van der Waals surface area contributed by atoms with Crippen LogP contribution in [0.2, 0.25) is 0 Å². The lowest BCUT2D eigenvalue weighted by Gasteiger charge is -2.35.